The molecular formula is C25H32N2O4. The van der Waals surface area contributed by atoms with Crippen LogP contribution in [-0.2, 0) is 22.6 Å². The van der Waals surface area contributed by atoms with Crippen molar-refractivity contribution in [3.8, 4) is 5.75 Å². The van der Waals surface area contributed by atoms with E-state index in [1.807, 2.05) is 25.1 Å². The molecule has 6 heteroatoms. The predicted molar refractivity (Wildman–Crippen MR) is 120 cm³/mol. The van der Waals surface area contributed by atoms with E-state index in [1.54, 1.807) is 24.3 Å². The second kappa shape index (κ2) is 12.2. The van der Waals surface area contributed by atoms with E-state index in [-0.39, 0.29) is 24.5 Å². The van der Waals surface area contributed by atoms with Crippen LogP contribution >= 0.6 is 0 Å². The molecule has 1 amide bonds. The molecule has 0 unspecified atom stereocenters. The van der Waals surface area contributed by atoms with Crippen LogP contribution in [0.1, 0.15) is 47.7 Å². The number of ketones is 1. The Morgan fingerprint density at radius 3 is 2.42 bits per heavy atom. The molecule has 1 N–H and O–H groups in total. The molecule has 0 atom stereocenters. The van der Waals surface area contributed by atoms with Crippen molar-refractivity contribution in [3.05, 3.63) is 65.2 Å². The van der Waals surface area contributed by atoms with Gasteiger partial charge in [0.25, 0.3) is 0 Å². The maximum atomic E-state index is 12.4. The number of ether oxygens (including phenoxy) is 2. The number of nitrogens with one attached hydrogen (secondary N) is 1. The van der Waals surface area contributed by atoms with Gasteiger partial charge in [-0.2, -0.15) is 0 Å². The molecule has 0 aromatic heterocycles. The van der Waals surface area contributed by atoms with Crippen LogP contribution in [0.5, 0.6) is 5.75 Å². The molecule has 1 saturated heterocycles. The molecule has 0 bridgehead atoms. The van der Waals surface area contributed by atoms with Gasteiger partial charge in [-0.05, 0) is 41.8 Å². The molecule has 1 heterocycles. The number of benzene rings is 2. The zero-order valence-corrected chi connectivity index (χ0v) is 18.3. The summed E-state index contributed by atoms with van der Waals surface area (Å²) in [6, 6.07) is 15.3. The van der Waals surface area contributed by atoms with Crippen LogP contribution in [0.3, 0.4) is 0 Å². The van der Waals surface area contributed by atoms with Crippen molar-refractivity contribution in [3.63, 3.8) is 0 Å². The van der Waals surface area contributed by atoms with Crippen LogP contribution in [0.15, 0.2) is 48.5 Å². The fraction of sp³-hybridized carbons (Fsp3) is 0.440. The average molecular weight is 425 g/mol. The van der Waals surface area contributed by atoms with Gasteiger partial charge in [0, 0.05) is 44.6 Å². The first-order chi connectivity index (χ1) is 15.2. The van der Waals surface area contributed by atoms with Crippen molar-refractivity contribution in [2.45, 2.75) is 39.3 Å². The predicted octanol–water partition coefficient (Wildman–Crippen LogP) is 3.59. The topological polar surface area (TPSA) is 67.9 Å². The van der Waals surface area contributed by atoms with Gasteiger partial charge in [0.05, 0.1) is 19.8 Å². The number of amides is 1. The van der Waals surface area contributed by atoms with Gasteiger partial charge < -0.3 is 14.8 Å². The lowest BCUT2D eigenvalue weighted by molar-refractivity contribution is -0.121. The monoisotopic (exact) mass is 424 g/mol. The number of carbonyl (C=O) groups excluding carboxylic acids is 2. The minimum Gasteiger partial charge on any atom is -0.494 e. The molecule has 1 fully saturated rings. The van der Waals surface area contributed by atoms with E-state index >= 15 is 0 Å². The summed E-state index contributed by atoms with van der Waals surface area (Å²) in [5.74, 6) is 0.606. The molecular weight excluding hydrogens is 392 g/mol. The van der Waals surface area contributed by atoms with Crippen LogP contribution in [0.2, 0.25) is 0 Å². The molecule has 0 saturated carbocycles. The van der Waals surface area contributed by atoms with Crippen molar-refractivity contribution in [1.82, 2.24) is 10.2 Å². The molecule has 2 aromatic rings. The fourth-order valence-corrected chi connectivity index (χ4v) is 3.49. The van der Waals surface area contributed by atoms with E-state index in [9.17, 15) is 9.59 Å². The van der Waals surface area contributed by atoms with E-state index in [0.717, 1.165) is 50.6 Å². The molecule has 6 nitrogen and oxygen atoms in total. The maximum Gasteiger partial charge on any atom is 0.220 e. The summed E-state index contributed by atoms with van der Waals surface area (Å²) in [6.45, 7) is 7.41. The number of hydrogen-bond donors (Lipinski definition) is 1. The summed E-state index contributed by atoms with van der Waals surface area (Å²) in [6.07, 6.45) is 1.31. The van der Waals surface area contributed by atoms with Crippen molar-refractivity contribution in [1.29, 1.82) is 0 Å². The van der Waals surface area contributed by atoms with Crippen LogP contribution < -0.4 is 10.1 Å². The Bertz CT molecular complexity index is 845. The summed E-state index contributed by atoms with van der Waals surface area (Å²) < 4.78 is 10.9. The lowest BCUT2D eigenvalue weighted by Gasteiger charge is -2.27. The van der Waals surface area contributed by atoms with E-state index in [1.165, 1.54) is 5.56 Å². The number of carbonyl (C=O) groups is 2. The number of rotatable bonds is 11. The second-order valence-electron chi connectivity index (χ2n) is 7.73. The van der Waals surface area contributed by atoms with Gasteiger partial charge in [0.2, 0.25) is 5.91 Å². The summed E-state index contributed by atoms with van der Waals surface area (Å²) in [5, 5.41) is 2.96. The summed E-state index contributed by atoms with van der Waals surface area (Å²) in [7, 11) is 0. The zero-order valence-electron chi connectivity index (χ0n) is 18.3. The summed E-state index contributed by atoms with van der Waals surface area (Å²) >= 11 is 0. The Kier molecular flexibility index (Phi) is 9.06. The second-order valence-corrected chi connectivity index (χ2v) is 7.73. The van der Waals surface area contributed by atoms with Gasteiger partial charge in [0.1, 0.15) is 5.75 Å². The number of nitrogens with zero attached hydrogens (tertiary/aromatic N) is 1. The third kappa shape index (κ3) is 7.49. The third-order valence-corrected chi connectivity index (χ3v) is 5.32. The highest BCUT2D eigenvalue weighted by Gasteiger charge is 2.14. The Balaban J connectivity index is 1.44. The first-order valence-electron chi connectivity index (χ1n) is 11.1. The Morgan fingerprint density at radius 1 is 1.00 bits per heavy atom. The maximum absolute atomic E-state index is 12.4. The first-order valence-corrected chi connectivity index (χ1v) is 11.1. The summed E-state index contributed by atoms with van der Waals surface area (Å²) in [4.78, 5) is 27.1. The quantitative estimate of drug-likeness (QED) is 0.559. The van der Waals surface area contributed by atoms with Gasteiger partial charge in [0.15, 0.2) is 5.78 Å². The van der Waals surface area contributed by atoms with Crippen LogP contribution in [-0.4, -0.2) is 49.5 Å². The van der Waals surface area contributed by atoms with Gasteiger partial charge in [-0.25, -0.2) is 0 Å². The molecule has 3 rings (SSSR count). The Morgan fingerprint density at radius 2 is 1.71 bits per heavy atom. The van der Waals surface area contributed by atoms with E-state index < -0.39 is 0 Å². The first kappa shape index (κ1) is 23.0. The third-order valence-electron chi connectivity index (χ3n) is 5.32. The number of morpholine rings is 1. The number of Topliss-reactive ketones (excluding diaryl/α,β-unsaturated/α-hetero) is 1. The molecule has 0 radical (unpaired) electrons. The van der Waals surface area contributed by atoms with E-state index in [4.69, 9.17) is 9.47 Å². The highest BCUT2D eigenvalue weighted by molar-refractivity contribution is 5.98. The Hall–Kier alpha value is -2.70. The van der Waals surface area contributed by atoms with Gasteiger partial charge in [-0.15, -0.1) is 0 Å². The number of hydrogen-bond acceptors (Lipinski definition) is 5. The molecule has 166 valence electrons. The van der Waals surface area contributed by atoms with Gasteiger partial charge in [-0.1, -0.05) is 31.2 Å². The van der Waals surface area contributed by atoms with Crippen molar-refractivity contribution < 1.29 is 19.1 Å². The largest absolute Gasteiger partial charge is 0.494 e. The fourth-order valence-electron chi connectivity index (χ4n) is 3.49. The molecule has 31 heavy (non-hydrogen) atoms. The van der Waals surface area contributed by atoms with Crippen molar-refractivity contribution >= 4 is 11.7 Å². The van der Waals surface area contributed by atoms with Crippen LogP contribution in [0.4, 0.5) is 0 Å². The van der Waals surface area contributed by atoms with Crippen molar-refractivity contribution in [2.75, 3.05) is 32.9 Å². The normalized spacial score (nSPS) is 14.2. The van der Waals surface area contributed by atoms with Gasteiger partial charge >= 0.3 is 0 Å². The molecule has 1 aliphatic heterocycles. The standard InChI is InChI=1S/C25H32N2O4/c1-2-15-31-23-9-7-20(8-10-23)24(28)11-12-25(29)26-18-21-5-3-4-6-22(21)19-27-13-16-30-17-14-27/h3-10H,2,11-19H2,1H3,(H,26,29). The molecule has 0 aliphatic carbocycles. The molecule has 1 aliphatic rings. The lowest BCUT2D eigenvalue weighted by Crippen LogP contribution is -2.36. The Labute approximate surface area is 184 Å². The average Bonchev–Trinajstić information content (AvgIpc) is 2.81. The minimum atomic E-state index is -0.113. The van der Waals surface area contributed by atoms with E-state index in [0.29, 0.717) is 18.7 Å². The lowest BCUT2D eigenvalue weighted by atomic mass is 10.1. The van der Waals surface area contributed by atoms with Crippen LogP contribution in [0, 0.1) is 0 Å². The molecule has 2 aromatic carbocycles. The summed E-state index contributed by atoms with van der Waals surface area (Å²) in [5.41, 5.74) is 2.93. The van der Waals surface area contributed by atoms with Crippen molar-refractivity contribution in [2.24, 2.45) is 0 Å². The van der Waals surface area contributed by atoms with Gasteiger partial charge in [-0.3, -0.25) is 14.5 Å². The zero-order chi connectivity index (χ0) is 21.9. The highest BCUT2D eigenvalue weighted by Crippen LogP contribution is 2.15. The van der Waals surface area contributed by atoms with E-state index in [2.05, 4.69) is 16.3 Å². The SMILES string of the molecule is CCCOc1ccc(C(=O)CCC(=O)NCc2ccccc2CN2CCOCC2)cc1. The minimum absolute atomic E-state index is 0.0371. The highest BCUT2D eigenvalue weighted by atomic mass is 16.5. The smallest absolute Gasteiger partial charge is 0.220 e. The van der Waals surface area contributed by atoms with Crippen LogP contribution in [0.25, 0.3) is 0 Å². The molecule has 0 spiro atoms.